The van der Waals surface area contributed by atoms with Gasteiger partial charge in [0.2, 0.25) is 12.3 Å². The number of hydrogen-bond donors (Lipinski definition) is 2. The molecule has 0 bridgehead atoms. The summed E-state index contributed by atoms with van der Waals surface area (Å²) in [5, 5.41) is 39.6. The molecule has 0 amide bonds. The molecule has 0 aromatic rings. The van der Waals surface area contributed by atoms with Gasteiger partial charge in [-0.2, -0.15) is 0 Å². The molecule has 0 unspecified atom stereocenters. The van der Waals surface area contributed by atoms with E-state index in [1.165, 1.54) is 0 Å². The minimum absolute atomic E-state index is 0. The topological polar surface area (TPSA) is 173 Å². The smallest absolute Gasteiger partial charge is 0.565 e. The third kappa shape index (κ3) is 2090. The monoisotopic (exact) mass is 237 g/mol. The molecule has 0 aliphatic heterocycles. The number of carbonyl (C=O) groups is 2. The van der Waals surface area contributed by atoms with E-state index >= 15 is 0 Å². The van der Waals surface area contributed by atoms with E-state index < -0.39 is 12.3 Å². The zero-order valence-corrected chi connectivity index (χ0v) is 13.8. The van der Waals surface area contributed by atoms with Gasteiger partial charge in [0.1, 0.15) is 0 Å². The molecule has 9 nitrogen and oxygen atoms in total. The second-order valence-corrected chi connectivity index (χ2v) is 0.606. The SMILES string of the molecule is O=C([O-])O.O=C([O-])O.O=N[O-].[Na+].[Na+].[Na+]. The van der Waals surface area contributed by atoms with Crippen molar-refractivity contribution in [2.45, 2.75) is 0 Å². The second-order valence-electron chi connectivity index (χ2n) is 0.606. The summed E-state index contributed by atoms with van der Waals surface area (Å²) in [6.07, 6.45) is -4.17. The van der Waals surface area contributed by atoms with E-state index in [9.17, 15) is 0 Å². The third-order valence-electron chi connectivity index (χ3n) is 0. The first-order chi connectivity index (χ1) is 4.88. The van der Waals surface area contributed by atoms with E-state index in [1.54, 1.807) is 0 Å². The normalized spacial score (nSPS) is 4.29. The fourth-order valence-electron chi connectivity index (χ4n) is 0. The Morgan fingerprint density at radius 2 is 0.929 bits per heavy atom. The van der Waals surface area contributed by atoms with Crippen LogP contribution in [-0.2, 0) is 0 Å². The summed E-state index contributed by atoms with van der Waals surface area (Å²) in [5.74, 6) is 0. The quantitative estimate of drug-likeness (QED) is 0.237. The molecule has 0 aromatic heterocycles. The Morgan fingerprint density at radius 3 is 0.929 bits per heavy atom. The van der Waals surface area contributed by atoms with E-state index in [0.29, 0.717) is 0 Å². The number of hydrogen-bond acceptors (Lipinski definition) is 7. The Bertz CT molecular complexity index is 110. The largest absolute Gasteiger partial charge is 1.00 e. The molecule has 0 rings (SSSR count). The summed E-state index contributed by atoms with van der Waals surface area (Å²) in [6.45, 7) is 0. The molecular formula is C2H2NNa3O8. The van der Waals surface area contributed by atoms with Gasteiger partial charge in [0.25, 0.3) is 0 Å². The molecule has 12 heteroatoms. The average molecular weight is 237 g/mol. The van der Waals surface area contributed by atoms with Crippen molar-refractivity contribution < 1.29 is 119 Å². The first kappa shape index (κ1) is 36.3. The summed E-state index contributed by atoms with van der Waals surface area (Å²) in [6, 6.07) is 0. The molecular weight excluding hydrogens is 235 g/mol. The van der Waals surface area contributed by atoms with Crippen LogP contribution in [0.25, 0.3) is 0 Å². The van der Waals surface area contributed by atoms with E-state index in [4.69, 9.17) is 40.1 Å². The van der Waals surface area contributed by atoms with Crippen LogP contribution in [0.1, 0.15) is 0 Å². The van der Waals surface area contributed by atoms with Crippen LogP contribution in [0, 0.1) is 10.1 Å². The van der Waals surface area contributed by atoms with E-state index in [0.717, 1.165) is 5.34 Å². The molecule has 66 valence electrons. The fourth-order valence-corrected chi connectivity index (χ4v) is 0. The molecule has 0 aliphatic rings. The molecule has 0 fully saturated rings. The minimum atomic E-state index is -2.08. The maximum absolute atomic E-state index is 8.44. The minimum Gasteiger partial charge on any atom is -0.565 e. The van der Waals surface area contributed by atoms with E-state index in [-0.39, 0.29) is 88.7 Å². The fraction of sp³-hybridized carbons (Fsp3) is 0. The molecule has 2 N–H and O–H groups in total. The van der Waals surface area contributed by atoms with Crippen LogP contribution in [0.3, 0.4) is 0 Å². The van der Waals surface area contributed by atoms with Crippen molar-refractivity contribution in [3.8, 4) is 0 Å². The van der Waals surface area contributed by atoms with Crippen LogP contribution in [0.4, 0.5) is 9.59 Å². The van der Waals surface area contributed by atoms with Gasteiger partial charge in [-0.05, 0) is 0 Å². The van der Waals surface area contributed by atoms with Gasteiger partial charge >= 0.3 is 88.7 Å². The van der Waals surface area contributed by atoms with Crippen LogP contribution in [0.2, 0.25) is 0 Å². The van der Waals surface area contributed by atoms with E-state index in [2.05, 4.69) is 0 Å². The van der Waals surface area contributed by atoms with E-state index in [1.807, 2.05) is 0 Å². The molecule has 0 saturated heterocycles. The maximum Gasteiger partial charge on any atom is 1.00 e. The van der Waals surface area contributed by atoms with Crippen molar-refractivity contribution in [3.05, 3.63) is 10.1 Å². The van der Waals surface area contributed by atoms with Gasteiger partial charge in [-0.15, -0.1) is 5.34 Å². The number of rotatable bonds is 0. The molecule has 0 radical (unpaired) electrons. The van der Waals surface area contributed by atoms with Gasteiger partial charge in [0, 0.05) is 0 Å². The van der Waals surface area contributed by atoms with Gasteiger partial charge < -0.3 is 40.1 Å². The summed E-state index contributed by atoms with van der Waals surface area (Å²) < 4.78 is 0. The standard InChI is InChI=1S/2CH2O3.HNO2.3Na/c2*2-1(3)4;2-1-3;;;/h2*(H2,2,3,4);(H,2,3);;;/q;;;3*+1/p-3. The van der Waals surface area contributed by atoms with Gasteiger partial charge in [-0.1, -0.05) is 0 Å². The second kappa shape index (κ2) is 37.0. The van der Waals surface area contributed by atoms with Crippen LogP contribution < -0.4 is 98.9 Å². The van der Waals surface area contributed by atoms with Crippen molar-refractivity contribution >= 4 is 12.3 Å². The van der Waals surface area contributed by atoms with Gasteiger partial charge in [0.05, 0.1) is 0 Å². The Balaban J connectivity index is -0.0000000156. The van der Waals surface area contributed by atoms with Gasteiger partial charge in [-0.25, -0.2) is 0 Å². The van der Waals surface area contributed by atoms with Crippen molar-refractivity contribution in [2.24, 2.45) is 5.34 Å². The molecule has 0 aromatic carbocycles. The molecule has 0 atom stereocenters. The predicted octanol–water partition coefficient (Wildman–Crippen LogP) is -11.0. The van der Waals surface area contributed by atoms with Crippen LogP contribution >= 0.6 is 0 Å². The molecule has 0 heterocycles. The third-order valence-corrected chi connectivity index (χ3v) is 0. The van der Waals surface area contributed by atoms with Crippen molar-refractivity contribution in [2.75, 3.05) is 0 Å². The van der Waals surface area contributed by atoms with Crippen LogP contribution in [0.5, 0.6) is 0 Å². The molecule has 0 saturated carbocycles. The van der Waals surface area contributed by atoms with Gasteiger partial charge in [-0.3, -0.25) is 0 Å². The number of nitrogens with zero attached hydrogens (tertiary/aromatic N) is 1. The summed E-state index contributed by atoms with van der Waals surface area (Å²) in [7, 11) is 0. The Kier molecular flexibility index (Phi) is 96.1. The molecule has 0 aliphatic carbocycles. The zero-order chi connectivity index (χ0) is 9.86. The van der Waals surface area contributed by atoms with Crippen molar-refractivity contribution in [1.29, 1.82) is 0 Å². The zero-order valence-electron chi connectivity index (χ0n) is 7.79. The Labute approximate surface area is 144 Å². The molecule has 14 heavy (non-hydrogen) atoms. The van der Waals surface area contributed by atoms with Gasteiger partial charge in [0.15, 0.2) is 0 Å². The summed E-state index contributed by atoms with van der Waals surface area (Å²) in [4.78, 5) is 24.9. The average Bonchev–Trinajstić information content (AvgIpc) is 1.60. The molecule has 0 spiro atoms. The first-order valence-electron chi connectivity index (χ1n) is 1.63. The Hall–Kier alpha value is 0.940. The van der Waals surface area contributed by atoms with Crippen LogP contribution in [-0.4, -0.2) is 22.5 Å². The number of carboxylic acid groups (broad SMARTS) is 4. The van der Waals surface area contributed by atoms with Crippen LogP contribution in [0.15, 0.2) is 5.34 Å². The van der Waals surface area contributed by atoms with Crippen molar-refractivity contribution in [3.63, 3.8) is 0 Å². The first-order valence-corrected chi connectivity index (χ1v) is 1.63. The Morgan fingerprint density at radius 1 is 0.929 bits per heavy atom. The predicted molar refractivity (Wildman–Crippen MR) is 25.2 cm³/mol. The summed E-state index contributed by atoms with van der Waals surface area (Å²) >= 11 is 0. The summed E-state index contributed by atoms with van der Waals surface area (Å²) in [5.41, 5.74) is 0. The van der Waals surface area contributed by atoms with Crippen molar-refractivity contribution in [1.82, 2.24) is 0 Å². The maximum atomic E-state index is 8.44.